The summed E-state index contributed by atoms with van der Waals surface area (Å²) in [6, 6.07) is 0. The largest absolute Gasteiger partial charge is 0.394 e. The molecule has 0 heterocycles. The van der Waals surface area contributed by atoms with Gasteiger partial charge in [-0.2, -0.15) is 0 Å². The number of amides is 1. The van der Waals surface area contributed by atoms with Gasteiger partial charge in [0.1, 0.15) is 0 Å². The summed E-state index contributed by atoms with van der Waals surface area (Å²) in [6.07, 6.45) is -0.513. The molecule has 1 amide bonds. The van der Waals surface area contributed by atoms with E-state index in [-0.39, 0.29) is 12.3 Å². The molecule has 0 aromatic heterocycles. The summed E-state index contributed by atoms with van der Waals surface area (Å²) >= 11 is 0. The van der Waals surface area contributed by atoms with Gasteiger partial charge < -0.3 is 26.0 Å². The molecule has 3 atom stereocenters. The van der Waals surface area contributed by atoms with Gasteiger partial charge in [0.15, 0.2) is 0 Å². The molecule has 0 saturated heterocycles. The van der Waals surface area contributed by atoms with E-state index in [1.54, 1.807) is 20.9 Å². The van der Waals surface area contributed by atoms with Crippen molar-refractivity contribution in [1.29, 1.82) is 0 Å². The fourth-order valence-electron chi connectivity index (χ4n) is 1.98. The number of carbonyl (C=O) groups is 1. The van der Waals surface area contributed by atoms with Crippen molar-refractivity contribution in [2.45, 2.75) is 50.9 Å². The Kier molecular flexibility index (Phi) is 6.77. The number of rotatable bonds is 8. The van der Waals surface area contributed by atoms with Gasteiger partial charge in [0.2, 0.25) is 5.91 Å². The minimum Gasteiger partial charge on any atom is -0.394 e. The molecule has 6 nitrogen and oxygen atoms in total. The molecule has 0 radical (unpaired) electrons. The summed E-state index contributed by atoms with van der Waals surface area (Å²) in [5.41, 5.74) is -2.20. The van der Waals surface area contributed by atoms with Crippen molar-refractivity contribution >= 4 is 5.91 Å². The highest BCUT2D eigenvalue weighted by atomic mass is 16.3. The first-order chi connectivity index (χ1) is 8.18. The van der Waals surface area contributed by atoms with E-state index in [0.717, 1.165) is 0 Å². The fourth-order valence-corrected chi connectivity index (χ4v) is 1.98. The molecule has 0 aliphatic carbocycles. The predicted octanol–water partition coefficient (Wildman–Crippen LogP) is -1.01. The topological polar surface area (TPSA) is 102 Å². The summed E-state index contributed by atoms with van der Waals surface area (Å²) in [7, 11) is 1.78. The third-order valence-corrected chi connectivity index (χ3v) is 3.36. The van der Waals surface area contributed by atoms with Gasteiger partial charge in [-0.1, -0.05) is 0 Å². The molecule has 0 aliphatic heterocycles. The van der Waals surface area contributed by atoms with Crippen LogP contribution in [-0.2, 0) is 4.79 Å². The van der Waals surface area contributed by atoms with Crippen molar-refractivity contribution < 1.29 is 20.1 Å². The zero-order chi connectivity index (χ0) is 14.4. The van der Waals surface area contributed by atoms with Crippen molar-refractivity contribution in [3.8, 4) is 0 Å². The van der Waals surface area contributed by atoms with E-state index < -0.39 is 23.9 Å². The Morgan fingerprint density at radius 2 is 1.94 bits per heavy atom. The summed E-state index contributed by atoms with van der Waals surface area (Å²) in [4.78, 5) is 11.3. The number of nitrogens with one attached hydrogen (secondary N) is 2. The van der Waals surface area contributed by atoms with Gasteiger partial charge in [0.25, 0.3) is 0 Å². The van der Waals surface area contributed by atoms with E-state index in [1.807, 2.05) is 0 Å². The molecule has 18 heavy (non-hydrogen) atoms. The van der Waals surface area contributed by atoms with Crippen LogP contribution >= 0.6 is 0 Å². The second-order valence-electron chi connectivity index (χ2n) is 5.18. The molecule has 0 rings (SSSR count). The van der Waals surface area contributed by atoms with E-state index in [0.29, 0.717) is 13.0 Å². The van der Waals surface area contributed by atoms with Crippen molar-refractivity contribution in [1.82, 2.24) is 10.6 Å². The molecule has 0 bridgehead atoms. The maximum atomic E-state index is 11.3. The maximum Gasteiger partial charge on any atom is 0.217 e. The molecule has 0 fully saturated rings. The average Bonchev–Trinajstić information content (AvgIpc) is 2.24. The highest BCUT2D eigenvalue weighted by molar-refractivity contribution is 5.74. The molecule has 0 aliphatic rings. The molecule has 0 spiro atoms. The van der Waals surface area contributed by atoms with Gasteiger partial charge in [-0.05, 0) is 33.9 Å². The summed E-state index contributed by atoms with van der Waals surface area (Å²) in [6.45, 7) is 4.87. The summed E-state index contributed by atoms with van der Waals surface area (Å²) in [5, 5.41) is 34.5. The third kappa shape index (κ3) is 4.89. The predicted molar refractivity (Wildman–Crippen MR) is 69.1 cm³/mol. The van der Waals surface area contributed by atoms with Crippen molar-refractivity contribution in [3.05, 3.63) is 0 Å². The Morgan fingerprint density at radius 3 is 2.33 bits per heavy atom. The lowest BCUT2D eigenvalue weighted by Gasteiger charge is -2.44. The number of aliphatic hydroxyl groups excluding tert-OH is 2. The highest BCUT2D eigenvalue weighted by Gasteiger charge is 2.44. The Bertz CT molecular complexity index is 271. The lowest BCUT2D eigenvalue weighted by molar-refractivity contribution is -0.128. The average molecular weight is 262 g/mol. The molecule has 6 heteroatoms. The van der Waals surface area contributed by atoms with Crippen LogP contribution < -0.4 is 10.6 Å². The van der Waals surface area contributed by atoms with Gasteiger partial charge in [0, 0.05) is 13.3 Å². The van der Waals surface area contributed by atoms with Crippen LogP contribution in [0, 0.1) is 0 Å². The van der Waals surface area contributed by atoms with E-state index in [1.165, 1.54) is 6.92 Å². The van der Waals surface area contributed by atoms with Crippen LogP contribution in [0.1, 0.15) is 33.6 Å². The van der Waals surface area contributed by atoms with Gasteiger partial charge in [0.05, 0.1) is 23.9 Å². The molecule has 3 unspecified atom stereocenters. The monoisotopic (exact) mass is 262 g/mol. The number of carbonyl (C=O) groups excluding carboxylic acids is 1. The SMILES string of the molecule is CNCCC(C)(NC(C)=O)C(C)(O)CC(O)CO. The Hall–Kier alpha value is -0.690. The third-order valence-electron chi connectivity index (χ3n) is 3.36. The first-order valence-corrected chi connectivity index (χ1v) is 6.13. The Balaban J connectivity index is 4.95. The molecular formula is C12H26N2O4. The van der Waals surface area contributed by atoms with E-state index in [9.17, 15) is 15.0 Å². The number of hydrogen-bond donors (Lipinski definition) is 5. The summed E-state index contributed by atoms with van der Waals surface area (Å²) in [5.74, 6) is -0.243. The van der Waals surface area contributed by atoms with E-state index in [4.69, 9.17) is 5.11 Å². The fraction of sp³-hybridized carbons (Fsp3) is 0.917. The number of aliphatic hydroxyl groups is 3. The molecule has 108 valence electrons. The zero-order valence-corrected chi connectivity index (χ0v) is 11.7. The molecule has 0 aromatic rings. The molecule has 0 saturated carbocycles. The first-order valence-electron chi connectivity index (χ1n) is 6.13. The van der Waals surface area contributed by atoms with Crippen molar-refractivity contribution in [3.63, 3.8) is 0 Å². The standard InChI is InChI=1S/C12H26N2O4/c1-9(16)14-11(2,5-6-13-4)12(3,18)7-10(17)8-15/h10,13,15,17-18H,5-8H2,1-4H3,(H,14,16). The molecule has 5 N–H and O–H groups in total. The van der Waals surface area contributed by atoms with Gasteiger partial charge in [-0.25, -0.2) is 0 Å². The van der Waals surface area contributed by atoms with Gasteiger partial charge in [-0.15, -0.1) is 0 Å². The van der Waals surface area contributed by atoms with Crippen LogP contribution in [0.4, 0.5) is 0 Å². The van der Waals surface area contributed by atoms with Crippen LogP contribution in [0.25, 0.3) is 0 Å². The Morgan fingerprint density at radius 1 is 1.39 bits per heavy atom. The van der Waals surface area contributed by atoms with E-state index >= 15 is 0 Å². The maximum absolute atomic E-state index is 11.3. The summed E-state index contributed by atoms with van der Waals surface area (Å²) < 4.78 is 0. The Labute approximate surface area is 108 Å². The lowest BCUT2D eigenvalue weighted by Crippen LogP contribution is -2.62. The van der Waals surface area contributed by atoms with E-state index in [2.05, 4.69) is 10.6 Å². The van der Waals surface area contributed by atoms with Crippen LogP contribution in [0.15, 0.2) is 0 Å². The van der Waals surface area contributed by atoms with Crippen LogP contribution in [0.5, 0.6) is 0 Å². The quantitative estimate of drug-likeness (QED) is 0.385. The molecule has 0 aromatic carbocycles. The zero-order valence-electron chi connectivity index (χ0n) is 11.7. The second-order valence-corrected chi connectivity index (χ2v) is 5.18. The van der Waals surface area contributed by atoms with Crippen LogP contribution in [0.3, 0.4) is 0 Å². The minimum atomic E-state index is -1.32. The van der Waals surface area contributed by atoms with Crippen molar-refractivity contribution in [2.75, 3.05) is 20.2 Å². The smallest absolute Gasteiger partial charge is 0.217 e. The first kappa shape index (κ1) is 17.3. The highest BCUT2D eigenvalue weighted by Crippen LogP contribution is 2.29. The minimum absolute atomic E-state index is 0.00993. The van der Waals surface area contributed by atoms with Crippen molar-refractivity contribution in [2.24, 2.45) is 0 Å². The van der Waals surface area contributed by atoms with Gasteiger partial charge >= 0.3 is 0 Å². The normalized spacial score (nSPS) is 19.7. The van der Waals surface area contributed by atoms with Gasteiger partial charge in [-0.3, -0.25) is 4.79 Å². The number of hydrogen-bond acceptors (Lipinski definition) is 5. The molecular weight excluding hydrogens is 236 g/mol. The second kappa shape index (κ2) is 7.04. The lowest BCUT2D eigenvalue weighted by atomic mass is 9.76. The van der Waals surface area contributed by atoms with Crippen LogP contribution in [-0.4, -0.2) is 58.7 Å². The van der Waals surface area contributed by atoms with Crippen LogP contribution in [0.2, 0.25) is 0 Å².